The molecule has 80 valence electrons. The smallest absolute Gasteiger partial charge is 0.216 e. The van der Waals surface area contributed by atoms with E-state index in [9.17, 15) is 0 Å². The van der Waals surface area contributed by atoms with E-state index in [1.165, 1.54) is 0 Å². The van der Waals surface area contributed by atoms with E-state index < -0.39 is 0 Å². The molecule has 2 atom stereocenters. The molecule has 1 aromatic carbocycles. The molecule has 0 aliphatic carbocycles. The fraction of sp³-hybridized carbons (Fsp3) is 0.462. The van der Waals surface area contributed by atoms with Gasteiger partial charge in [-0.25, -0.2) is 4.99 Å². The molecule has 15 heavy (non-hydrogen) atoms. The van der Waals surface area contributed by atoms with Crippen molar-refractivity contribution >= 4 is 5.90 Å². The monoisotopic (exact) mass is 203 g/mol. The van der Waals surface area contributed by atoms with Crippen LogP contribution in [0.3, 0.4) is 0 Å². The highest BCUT2D eigenvalue weighted by molar-refractivity contribution is 5.95. The molecule has 2 rings (SSSR count). The summed E-state index contributed by atoms with van der Waals surface area (Å²) in [4.78, 5) is 4.62. The summed E-state index contributed by atoms with van der Waals surface area (Å²) in [6, 6.07) is 10.4. The minimum absolute atomic E-state index is 0.338. The first-order chi connectivity index (χ1) is 7.31. The zero-order chi connectivity index (χ0) is 10.7. The van der Waals surface area contributed by atoms with Gasteiger partial charge in [0.05, 0.1) is 6.04 Å². The van der Waals surface area contributed by atoms with Crippen LogP contribution in [0.2, 0.25) is 0 Å². The number of aliphatic imine (C=N–C) groups is 1. The van der Waals surface area contributed by atoms with E-state index in [4.69, 9.17) is 4.74 Å². The Morgan fingerprint density at radius 1 is 1.40 bits per heavy atom. The fourth-order valence-corrected chi connectivity index (χ4v) is 1.69. The summed E-state index contributed by atoms with van der Waals surface area (Å²) in [7, 11) is 0. The maximum Gasteiger partial charge on any atom is 0.216 e. The molecule has 2 heteroatoms. The number of hydrogen-bond acceptors (Lipinski definition) is 2. The molecule has 2 nitrogen and oxygen atoms in total. The maximum atomic E-state index is 5.62. The lowest BCUT2D eigenvalue weighted by Gasteiger charge is -2.11. The molecule has 0 bridgehead atoms. The first kappa shape index (κ1) is 10.2. The number of nitrogens with zero attached hydrogens (tertiary/aromatic N) is 1. The zero-order valence-electron chi connectivity index (χ0n) is 9.31. The van der Waals surface area contributed by atoms with Gasteiger partial charge in [0.1, 0.15) is 6.61 Å². The van der Waals surface area contributed by atoms with Crippen molar-refractivity contribution < 1.29 is 4.74 Å². The predicted molar refractivity (Wildman–Crippen MR) is 62.2 cm³/mol. The van der Waals surface area contributed by atoms with E-state index in [1.54, 1.807) is 0 Å². The Hall–Kier alpha value is -1.31. The van der Waals surface area contributed by atoms with E-state index in [0.717, 1.165) is 24.5 Å². The van der Waals surface area contributed by atoms with Gasteiger partial charge in [-0.05, 0) is 18.1 Å². The topological polar surface area (TPSA) is 21.6 Å². The number of benzene rings is 1. The fourth-order valence-electron chi connectivity index (χ4n) is 1.69. The van der Waals surface area contributed by atoms with Crippen LogP contribution in [-0.2, 0) is 4.74 Å². The van der Waals surface area contributed by atoms with Crippen LogP contribution in [0.5, 0.6) is 0 Å². The molecule has 1 aliphatic heterocycles. The van der Waals surface area contributed by atoms with Crippen molar-refractivity contribution in [2.24, 2.45) is 10.9 Å². The van der Waals surface area contributed by atoms with Crippen LogP contribution in [0.25, 0.3) is 0 Å². The van der Waals surface area contributed by atoms with Gasteiger partial charge in [0.15, 0.2) is 0 Å². The maximum absolute atomic E-state index is 5.62. The second kappa shape index (κ2) is 4.47. The van der Waals surface area contributed by atoms with Crippen molar-refractivity contribution in [2.45, 2.75) is 26.3 Å². The molecule has 1 unspecified atom stereocenters. The number of hydrogen-bond donors (Lipinski definition) is 0. The average Bonchev–Trinajstić information content (AvgIpc) is 2.78. The normalized spacial score (nSPS) is 22.0. The van der Waals surface area contributed by atoms with Crippen molar-refractivity contribution in [3.05, 3.63) is 35.9 Å². The highest BCUT2D eigenvalue weighted by Gasteiger charge is 2.23. The summed E-state index contributed by atoms with van der Waals surface area (Å²) in [6.45, 7) is 5.16. The lowest BCUT2D eigenvalue weighted by molar-refractivity contribution is 0.282. The summed E-state index contributed by atoms with van der Waals surface area (Å²) < 4.78 is 5.62. The highest BCUT2D eigenvalue weighted by Crippen LogP contribution is 2.19. The van der Waals surface area contributed by atoms with Gasteiger partial charge in [-0.15, -0.1) is 0 Å². The zero-order valence-corrected chi connectivity index (χ0v) is 9.31. The van der Waals surface area contributed by atoms with Crippen molar-refractivity contribution in [1.29, 1.82) is 0 Å². The van der Waals surface area contributed by atoms with E-state index in [-0.39, 0.29) is 0 Å². The molecule has 1 aromatic rings. The van der Waals surface area contributed by atoms with Crippen molar-refractivity contribution in [3.63, 3.8) is 0 Å². The van der Waals surface area contributed by atoms with Crippen molar-refractivity contribution in [3.8, 4) is 0 Å². The minimum atomic E-state index is 0.338. The van der Waals surface area contributed by atoms with Gasteiger partial charge in [0.25, 0.3) is 0 Å². The molecule has 0 saturated heterocycles. The molecule has 0 aromatic heterocycles. The standard InChI is InChI=1S/C13H17NO/c1-3-10(2)12-9-15-13(14-12)11-7-5-4-6-8-11/h4-8,10,12H,3,9H2,1-2H3/t10?,12-/m1/s1. The van der Waals surface area contributed by atoms with Gasteiger partial charge < -0.3 is 4.74 Å². The largest absolute Gasteiger partial charge is 0.475 e. The van der Waals surface area contributed by atoms with Crippen LogP contribution in [0.1, 0.15) is 25.8 Å². The molecule has 0 spiro atoms. The third-order valence-electron chi connectivity index (χ3n) is 3.00. The van der Waals surface area contributed by atoms with E-state index in [1.807, 2.05) is 30.3 Å². The van der Waals surface area contributed by atoms with Crippen LogP contribution in [0.15, 0.2) is 35.3 Å². The van der Waals surface area contributed by atoms with Gasteiger partial charge in [-0.1, -0.05) is 38.5 Å². The van der Waals surface area contributed by atoms with E-state index >= 15 is 0 Å². The van der Waals surface area contributed by atoms with E-state index in [2.05, 4.69) is 18.8 Å². The first-order valence-electron chi connectivity index (χ1n) is 5.57. The summed E-state index contributed by atoms with van der Waals surface area (Å²) in [6.07, 6.45) is 1.15. The second-order valence-electron chi connectivity index (χ2n) is 4.06. The van der Waals surface area contributed by atoms with Gasteiger partial charge >= 0.3 is 0 Å². The summed E-state index contributed by atoms with van der Waals surface area (Å²) in [5, 5.41) is 0. The quantitative estimate of drug-likeness (QED) is 0.740. The number of rotatable bonds is 3. The number of ether oxygens (including phenoxy) is 1. The second-order valence-corrected chi connectivity index (χ2v) is 4.06. The van der Waals surface area contributed by atoms with Gasteiger partial charge in [0, 0.05) is 5.56 Å². The average molecular weight is 203 g/mol. The van der Waals surface area contributed by atoms with Gasteiger partial charge in [0.2, 0.25) is 5.90 Å². The Morgan fingerprint density at radius 2 is 2.13 bits per heavy atom. The van der Waals surface area contributed by atoms with Crippen LogP contribution < -0.4 is 0 Å². The minimum Gasteiger partial charge on any atom is -0.475 e. The van der Waals surface area contributed by atoms with Gasteiger partial charge in [-0.2, -0.15) is 0 Å². The van der Waals surface area contributed by atoms with Crippen LogP contribution in [0, 0.1) is 5.92 Å². The van der Waals surface area contributed by atoms with Crippen molar-refractivity contribution in [1.82, 2.24) is 0 Å². The summed E-state index contributed by atoms with van der Waals surface area (Å²) in [5.41, 5.74) is 1.09. The van der Waals surface area contributed by atoms with Gasteiger partial charge in [-0.3, -0.25) is 0 Å². The molecule has 0 fully saturated rings. The third-order valence-corrected chi connectivity index (χ3v) is 3.00. The highest BCUT2D eigenvalue weighted by atomic mass is 16.5. The molecular formula is C13H17NO. The molecular weight excluding hydrogens is 186 g/mol. The Labute approximate surface area is 91.0 Å². The molecule has 1 heterocycles. The van der Waals surface area contributed by atoms with Crippen molar-refractivity contribution in [2.75, 3.05) is 6.61 Å². The molecule has 1 aliphatic rings. The SMILES string of the molecule is CCC(C)[C@H]1COC(c2ccccc2)=N1. The molecule has 0 N–H and O–H groups in total. The van der Waals surface area contributed by atoms with Crippen LogP contribution in [-0.4, -0.2) is 18.5 Å². The molecule has 0 saturated carbocycles. The lowest BCUT2D eigenvalue weighted by atomic mass is 10.0. The Morgan fingerprint density at radius 3 is 2.80 bits per heavy atom. The van der Waals surface area contributed by atoms with Crippen LogP contribution in [0.4, 0.5) is 0 Å². The van der Waals surface area contributed by atoms with E-state index in [0.29, 0.717) is 12.0 Å². The Balaban J connectivity index is 2.13. The predicted octanol–water partition coefficient (Wildman–Crippen LogP) is 2.88. The van der Waals surface area contributed by atoms with Crippen LogP contribution >= 0.6 is 0 Å². The lowest BCUT2D eigenvalue weighted by Crippen LogP contribution is -2.16. The summed E-state index contributed by atoms with van der Waals surface area (Å²) in [5.74, 6) is 1.41. The molecule has 0 amide bonds. The first-order valence-corrected chi connectivity index (χ1v) is 5.57. The third kappa shape index (κ3) is 2.20. The Bertz CT molecular complexity index is 345. The molecule has 0 radical (unpaired) electrons. The summed E-state index contributed by atoms with van der Waals surface area (Å²) >= 11 is 0. The Kier molecular flexibility index (Phi) is 3.05.